The predicted octanol–water partition coefficient (Wildman–Crippen LogP) is 4.75. The summed E-state index contributed by atoms with van der Waals surface area (Å²) < 4.78 is 20.1. The van der Waals surface area contributed by atoms with Crippen LogP contribution in [0.5, 0.6) is 5.75 Å². The Morgan fingerprint density at radius 2 is 1.78 bits per heavy atom. The van der Waals surface area contributed by atoms with Gasteiger partial charge in [-0.2, -0.15) is 0 Å². The van der Waals surface area contributed by atoms with Crippen LogP contribution in [0.4, 0.5) is 5.69 Å². The summed E-state index contributed by atoms with van der Waals surface area (Å²) in [4.78, 5) is 34.2. The fourth-order valence-electron chi connectivity index (χ4n) is 11.5. The molecule has 0 amide bonds. The van der Waals surface area contributed by atoms with Crippen molar-refractivity contribution < 1.29 is 28.9 Å². The molecule has 10 nitrogen and oxygen atoms in total. The first kappa shape index (κ1) is 34.2. The first-order chi connectivity index (χ1) is 24.6. The van der Waals surface area contributed by atoms with E-state index in [1.807, 2.05) is 11.9 Å². The monoisotopic (exact) mass is 696 g/mol. The molecule has 0 radical (unpaired) electrons. The van der Waals surface area contributed by atoms with E-state index < -0.39 is 40.5 Å². The van der Waals surface area contributed by atoms with Gasteiger partial charge in [0, 0.05) is 91.3 Å². The Hall–Kier alpha value is -3.86. The van der Waals surface area contributed by atoms with Gasteiger partial charge in [0.1, 0.15) is 5.75 Å². The van der Waals surface area contributed by atoms with Crippen LogP contribution in [0.2, 0.25) is 0 Å². The first-order valence-corrected chi connectivity index (χ1v) is 18.7. The number of likely N-dealkylation sites (N-methyl/N-ethyl adjacent to an activating group) is 1. The summed E-state index contributed by atoms with van der Waals surface area (Å²) >= 11 is 0. The highest BCUT2D eigenvalue weighted by Crippen LogP contribution is 2.68. The van der Waals surface area contributed by atoms with Crippen LogP contribution in [0.1, 0.15) is 68.6 Å². The quantitative estimate of drug-likeness (QED) is 0.265. The van der Waals surface area contributed by atoms with Gasteiger partial charge < -0.3 is 33.7 Å². The van der Waals surface area contributed by atoms with Gasteiger partial charge in [-0.3, -0.25) is 9.69 Å². The van der Waals surface area contributed by atoms with Gasteiger partial charge in [-0.05, 0) is 68.6 Å². The molecule has 7 atom stereocenters. The van der Waals surface area contributed by atoms with Gasteiger partial charge in [0.2, 0.25) is 5.60 Å². The maximum Gasteiger partial charge on any atom is 0.344 e. The summed E-state index contributed by atoms with van der Waals surface area (Å²) in [7, 11) is 7.11. The third kappa shape index (κ3) is 4.64. The Balaban J connectivity index is 1.39. The van der Waals surface area contributed by atoms with Crippen molar-refractivity contribution in [2.45, 2.75) is 81.1 Å². The number of ether oxygens (including phenoxy) is 3. The summed E-state index contributed by atoms with van der Waals surface area (Å²) in [5.74, 6) is -0.535. The fraction of sp³-hybridized carbons (Fsp3) is 0.561. The van der Waals surface area contributed by atoms with E-state index in [1.165, 1.54) is 49.8 Å². The Kier molecular flexibility index (Phi) is 8.31. The van der Waals surface area contributed by atoms with Crippen LogP contribution in [-0.2, 0) is 31.5 Å². The number of carbonyl (C=O) groups is 2. The lowest BCUT2D eigenvalue weighted by molar-refractivity contribution is -0.228. The van der Waals surface area contributed by atoms with Crippen molar-refractivity contribution in [3.05, 3.63) is 71.4 Å². The number of fused-ring (bicyclic) bond motifs is 2. The van der Waals surface area contributed by atoms with Crippen molar-refractivity contribution in [1.29, 1.82) is 0 Å². The Morgan fingerprint density at radius 3 is 2.49 bits per heavy atom. The minimum Gasteiger partial charge on any atom is -0.496 e. The number of piperidine rings is 1. The molecule has 7 unspecified atom stereocenters. The number of hydrogen-bond donors (Lipinski definition) is 1. The van der Waals surface area contributed by atoms with Gasteiger partial charge >= 0.3 is 11.9 Å². The number of aromatic nitrogens is 1. The summed E-state index contributed by atoms with van der Waals surface area (Å²) in [5.41, 5.74) is 1.91. The molecule has 5 heterocycles. The van der Waals surface area contributed by atoms with E-state index in [2.05, 4.69) is 83.1 Å². The number of hydrogen-bond acceptors (Lipinski definition) is 9. The van der Waals surface area contributed by atoms with Crippen molar-refractivity contribution in [3.63, 3.8) is 0 Å². The van der Waals surface area contributed by atoms with Crippen molar-refractivity contribution in [2.75, 3.05) is 58.9 Å². The number of aliphatic hydroxyl groups is 1. The molecule has 1 spiro atoms. The Bertz CT molecular complexity index is 1900. The molecule has 1 saturated carbocycles. The molecule has 5 aliphatic rings. The van der Waals surface area contributed by atoms with Crippen LogP contribution in [0, 0.1) is 5.41 Å². The number of nitrogens with zero attached hydrogens (tertiary/aromatic N) is 4. The lowest BCUT2D eigenvalue weighted by atomic mass is 9.47. The van der Waals surface area contributed by atoms with Crippen molar-refractivity contribution in [2.24, 2.45) is 12.5 Å². The molecule has 10 heteroatoms. The summed E-state index contributed by atoms with van der Waals surface area (Å²) in [6.07, 6.45) is 10.3. The molecule has 2 saturated heterocycles. The zero-order valence-corrected chi connectivity index (χ0v) is 30.9. The lowest BCUT2D eigenvalue weighted by Gasteiger charge is -2.63. The highest BCUT2D eigenvalue weighted by atomic mass is 16.6. The largest absolute Gasteiger partial charge is 0.496 e. The van der Waals surface area contributed by atoms with E-state index in [1.54, 1.807) is 7.11 Å². The third-order valence-corrected chi connectivity index (χ3v) is 13.3. The second-order valence-electron chi connectivity index (χ2n) is 15.6. The third-order valence-electron chi connectivity index (χ3n) is 13.3. The summed E-state index contributed by atoms with van der Waals surface area (Å²) in [6, 6.07) is 12.2. The van der Waals surface area contributed by atoms with E-state index in [4.69, 9.17) is 14.2 Å². The minimum atomic E-state index is -2.16. The average molecular weight is 697 g/mol. The van der Waals surface area contributed by atoms with Gasteiger partial charge in [-0.25, -0.2) is 4.79 Å². The molecule has 51 heavy (non-hydrogen) atoms. The van der Waals surface area contributed by atoms with Crippen LogP contribution in [0.25, 0.3) is 10.9 Å². The zero-order valence-electron chi connectivity index (χ0n) is 30.9. The molecule has 1 aromatic heterocycles. The van der Waals surface area contributed by atoms with Crippen LogP contribution in [0.3, 0.4) is 0 Å². The number of likely N-dealkylation sites (tertiary alicyclic amines) is 1. The van der Waals surface area contributed by atoms with E-state index in [0.717, 1.165) is 61.7 Å². The number of anilines is 1. The normalized spacial score (nSPS) is 32.0. The smallest absolute Gasteiger partial charge is 0.344 e. The van der Waals surface area contributed by atoms with Crippen LogP contribution in [0.15, 0.2) is 54.7 Å². The zero-order chi connectivity index (χ0) is 35.9. The van der Waals surface area contributed by atoms with Crippen LogP contribution >= 0.6 is 0 Å². The topological polar surface area (TPSA) is 96.7 Å². The van der Waals surface area contributed by atoms with Gasteiger partial charge in [-0.15, -0.1) is 0 Å². The Morgan fingerprint density at radius 1 is 1.02 bits per heavy atom. The minimum absolute atomic E-state index is 0.00627. The number of carbonyl (C=O) groups excluding carboxylic acids is 2. The summed E-state index contributed by atoms with van der Waals surface area (Å²) in [6.45, 7) is 7.94. The molecular formula is C41H52N4O6. The second-order valence-corrected chi connectivity index (χ2v) is 15.6. The molecule has 3 aromatic rings. The number of benzene rings is 2. The van der Waals surface area contributed by atoms with Crippen LogP contribution < -0.4 is 9.64 Å². The number of aryl methyl sites for hydroxylation is 1. The molecule has 2 aromatic carbocycles. The van der Waals surface area contributed by atoms with Gasteiger partial charge in [0.15, 0.2) is 6.10 Å². The molecular weight excluding hydrogens is 644 g/mol. The first-order valence-electron chi connectivity index (χ1n) is 18.7. The number of rotatable bonds is 8. The maximum absolute atomic E-state index is 14.2. The highest BCUT2D eigenvalue weighted by molar-refractivity contribution is 5.88. The molecule has 0 bridgehead atoms. The SMILES string of the molecule is CCC12C=CCN3CCC4(c5cc(C(CN6CCCCC6)c6cn(C)c7ccccc67)c(OC)cc5N(C)C4C(O)(C(=O)OC)C1OC(C)=O)C32. The summed E-state index contributed by atoms with van der Waals surface area (Å²) in [5, 5.41) is 14.4. The van der Waals surface area contributed by atoms with Crippen molar-refractivity contribution in [3.8, 4) is 5.75 Å². The molecule has 272 valence electrons. The van der Waals surface area contributed by atoms with Crippen molar-refractivity contribution >= 4 is 28.5 Å². The van der Waals surface area contributed by atoms with E-state index >= 15 is 0 Å². The predicted molar refractivity (Wildman–Crippen MR) is 196 cm³/mol. The lowest BCUT2D eigenvalue weighted by Crippen LogP contribution is -2.81. The van der Waals surface area contributed by atoms with E-state index in [9.17, 15) is 14.7 Å². The number of esters is 2. The van der Waals surface area contributed by atoms with E-state index in [0.29, 0.717) is 6.42 Å². The fourth-order valence-corrected chi connectivity index (χ4v) is 11.5. The van der Waals surface area contributed by atoms with Gasteiger partial charge in [0.05, 0.1) is 20.3 Å². The number of methoxy groups -OCH3 is 2. The maximum atomic E-state index is 14.2. The standard InChI is InChI=1S/C41H52N4O6/c1-7-39-16-13-20-45-21-17-40(35(39)45)31-22-28(30(25-44-18-11-8-12-19-44)29-24-42(3)32-15-10-9-14-27(29)32)34(49-5)23-33(31)43(4)36(40)41(48,38(47)50-6)37(39)51-26(2)46/h9-10,13-16,22-24,30,35-37,48H,7-8,11-12,17-21,25H2,1-6H3. The number of para-hydroxylation sites is 1. The van der Waals surface area contributed by atoms with Crippen molar-refractivity contribution in [1.82, 2.24) is 14.4 Å². The molecule has 3 fully saturated rings. The van der Waals surface area contributed by atoms with E-state index in [-0.39, 0.29) is 12.0 Å². The second kappa shape index (κ2) is 12.4. The average Bonchev–Trinajstić information content (AvgIpc) is 3.78. The molecule has 1 N–H and O–H groups in total. The molecule has 4 aliphatic heterocycles. The van der Waals surface area contributed by atoms with Gasteiger partial charge in [0.25, 0.3) is 0 Å². The Labute approximate surface area is 300 Å². The molecule has 8 rings (SSSR count). The molecule has 1 aliphatic carbocycles. The highest BCUT2D eigenvalue weighted by Gasteiger charge is 2.80. The van der Waals surface area contributed by atoms with Gasteiger partial charge in [-0.1, -0.05) is 43.7 Å². The van der Waals surface area contributed by atoms with Crippen LogP contribution in [-0.4, -0.2) is 109 Å².